The molecule has 1 heterocycles. The highest BCUT2D eigenvalue weighted by Crippen LogP contribution is 2.22. The monoisotopic (exact) mass is 249 g/mol. The molecule has 0 spiro atoms. The lowest BCUT2D eigenvalue weighted by Crippen LogP contribution is -2.15. The highest BCUT2D eigenvalue weighted by molar-refractivity contribution is 5.85. The lowest BCUT2D eigenvalue weighted by Gasteiger charge is -2.12. The summed E-state index contributed by atoms with van der Waals surface area (Å²) in [6, 6.07) is 16.5. The topological polar surface area (TPSA) is 51.8 Å². The van der Waals surface area contributed by atoms with Gasteiger partial charge in [-0.05, 0) is 28.8 Å². The maximum atomic E-state index is 6.23. The van der Waals surface area contributed by atoms with Crippen molar-refractivity contribution in [1.82, 2.24) is 9.97 Å². The first-order valence-electron chi connectivity index (χ1n) is 6.33. The standard InChI is InChI=1S/C16H15N3/c17-15(16-8-9-18-11-19-16)10-13-6-3-5-12-4-1-2-7-14(12)13/h1-9,11,15H,10,17H2. The van der Waals surface area contributed by atoms with Gasteiger partial charge in [0.15, 0.2) is 0 Å². The highest BCUT2D eigenvalue weighted by Gasteiger charge is 2.10. The molecule has 0 aliphatic heterocycles. The van der Waals surface area contributed by atoms with Crippen LogP contribution in [0.3, 0.4) is 0 Å². The molecule has 0 bridgehead atoms. The van der Waals surface area contributed by atoms with Crippen LogP contribution in [0.15, 0.2) is 61.1 Å². The lowest BCUT2D eigenvalue weighted by molar-refractivity contribution is 0.696. The summed E-state index contributed by atoms with van der Waals surface area (Å²) < 4.78 is 0. The van der Waals surface area contributed by atoms with E-state index in [1.807, 2.05) is 6.07 Å². The molecule has 1 unspecified atom stereocenters. The number of fused-ring (bicyclic) bond motifs is 1. The van der Waals surface area contributed by atoms with Crippen LogP contribution in [-0.4, -0.2) is 9.97 Å². The summed E-state index contributed by atoms with van der Waals surface area (Å²) in [4.78, 5) is 8.14. The van der Waals surface area contributed by atoms with Crippen LogP contribution in [0.5, 0.6) is 0 Å². The summed E-state index contributed by atoms with van der Waals surface area (Å²) in [5, 5.41) is 2.50. The molecule has 3 aromatic rings. The van der Waals surface area contributed by atoms with Gasteiger partial charge in [0.1, 0.15) is 6.33 Å². The summed E-state index contributed by atoms with van der Waals surface area (Å²) >= 11 is 0. The minimum Gasteiger partial charge on any atom is -0.322 e. The molecule has 1 atom stereocenters. The van der Waals surface area contributed by atoms with Crippen molar-refractivity contribution in [2.45, 2.75) is 12.5 Å². The van der Waals surface area contributed by atoms with Crippen LogP contribution in [0, 0.1) is 0 Å². The number of benzene rings is 2. The molecule has 0 radical (unpaired) electrons. The second-order valence-electron chi connectivity index (χ2n) is 4.58. The average molecular weight is 249 g/mol. The zero-order chi connectivity index (χ0) is 13.1. The predicted octanol–water partition coefficient (Wildman–Crippen LogP) is 2.87. The summed E-state index contributed by atoms with van der Waals surface area (Å²) in [5.41, 5.74) is 8.36. The van der Waals surface area contributed by atoms with Gasteiger partial charge in [0, 0.05) is 6.20 Å². The van der Waals surface area contributed by atoms with E-state index in [1.165, 1.54) is 22.7 Å². The predicted molar refractivity (Wildman–Crippen MR) is 76.6 cm³/mol. The first-order valence-corrected chi connectivity index (χ1v) is 6.33. The molecule has 2 aromatic carbocycles. The molecule has 0 fully saturated rings. The molecule has 3 heteroatoms. The summed E-state index contributed by atoms with van der Waals surface area (Å²) in [7, 11) is 0. The third-order valence-electron chi connectivity index (χ3n) is 3.30. The molecule has 3 rings (SSSR count). The van der Waals surface area contributed by atoms with Crippen molar-refractivity contribution in [3.05, 3.63) is 72.3 Å². The van der Waals surface area contributed by atoms with Gasteiger partial charge >= 0.3 is 0 Å². The van der Waals surface area contributed by atoms with Crippen molar-refractivity contribution < 1.29 is 0 Å². The SMILES string of the molecule is NC(Cc1cccc2ccccc12)c1ccncn1. The minimum atomic E-state index is -0.103. The largest absolute Gasteiger partial charge is 0.322 e. The van der Waals surface area contributed by atoms with E-state index in [-0.39, 0.29) is 6.04 Å². The van der Waals surface area contributed by atoms with Crippen LogP contribution in [0.4, 0.5) is 0 Å². The molecule has 2 N–H and O–H groups in total. The van der Waals surface area contributed by atoms with Crippen molar-refractivity contribution >= 4 is 10.8 Å². The van der Waals surface area contributed by atoms with E-state index in [9.17, 15) is 0 Å². The van der Waals surface area contributed by atoms with Gasteiger partial charge in [0.2, 0.25) is 0 Å². The Morgan fingerprint density at radius 3 is 2.68 bits per heavy atom. The van der Waals surface area contributed by atoms with Gasteiger partial charge in [0.25, 0.3) is 0 Å². The summed E-state index contributed by atoms with van der Waals surface area (Å²) in [6.45, 7) is 0. The molecule has 94 valence electrons. The van der Waals surface area contributed by atoms with Crippen LogP contribution in [0.2, 0.25) is 0 Å². The van der Waals surface area contributed by atoms with Gasteiger partial charge in [-0.1, -0.05) is 42.5 Å². The molecule has 0 amide bonds. The third-order valence-corrected chi connectivity index (χ3v) is 3.30. The fourth-order valence-corrected chi connectivity index (χ4v) is 2.33. The van der Waals surface area contributed by atoms with E-state index < -0.39 is 0 Å². The van der Waals surface area contributed by atoms with Gasteiger partial charge in [-0.25, -0.2) is 9.97 Å². The van der Waals surface area contributed by atoms with Crippen LogP contribution >= 0.6 is 0 Å². The Morgan fingerprint density at radius 1 is 1.00 bits per heavy atom. The molecular weight excluding hydrogens is 234 g/mol. The molecule has 1 aromatic heterocycles. The first kappa shape index (κ1) is 11.8. The van der Waals surface area contributed by atoms with Gasteiger partial charge < -0.3 is 5.73 Å². The van der Waals surface area contributed by atoms with Gasteiger partial charge in [-0.15, -0.1) is 0 Å². The molecule has 19 heavy (non-hydrogen) atoms. The van der Waals surface area contributed by atoms with E-state index in [0.717, 1.165) is 12.1 Å². The average Bonchev–Trinajstić information content (AvgIpc) is 2.48. The van der Waals surface area contributed by atoms with E-state index in [4.69, 9.17) is 5.73 Å². The maximum Gasteiger partial charge on any atom is 0.115 e. The van der Waals surface area contributed by atoms with E-state index >= 15 is 0 Å². The fraction of sp³-hybridized carbons (Fsp3) is 0.125. The Labute approximate surface area is 112 Å². The Bertz CT molecular complexity index is 674. The van der Waals surface area contributed by atoms with Crippen LogP contribution in [0.1, 0.15) is 17.3 Å². The molecule has 0 aliphatic rings. The van der Waals surface area contributed by atoms with E-state index in [0.29, 0.717) is 0 Å². The highest BCUT2D eigenvalue weighted by atomic mass is 14.8. The normalized spacial score (nSPS) is 12.5. The number of nitrogens with two attached hydrogens (primary N) is 1. The van der Waals surface area contributed by atoms with Crippen LogP contribution in [0.25, 0.3) is 10.8 Å². The summed E-state index contributed by atoms with van der Waals surface area (Å²) in [5.74, 6) is 0. The lowest BCUT2D eigenvalue weighted by atomic mass is 9.98. The number of hydrogen-bond acceptors (Lipinski definition) is 3. The van der Waals surface area contributed by atoms with Crippen LogP contribution < -0.4 is 5.73 Å². The van der Waals surface area contributed by atoms with E-state index in [2.05, 4.69) is 52.4 Å². The summed E-state index contributed by atoms with van der Waals surface area (Å²) in [6.07, 6.45) is 4.04. The Kier molecular flexibility index (Phi) is 3.21. The van der Waals surface area contributed by atoms with Crippen molar-refractivity contribution in [2.75, 3.05) is 0 Å². The molecular formula is C16H15N3. The number of aromatic nitrogens is 2. The van der Waals surface area contributed by atoms with Crippen molar-refractivity contribution in [1.29, 1.82) is 0 Å². The molecule has 3 nitrogen and oxygen atoms in total. The van der Waals surface area contributed by atoms with E-state index in [1.54, 1.807) is 6.20 Å². The molecule has 0 saturated carbocycles. The Balaban J connectivity index is 1.94. The second kappa shape index (κ2) is 5.16. The Morgan fingerprint density at radius 2 is 1.84 bits per heavy atom. The zero-order valence-corrected chi connectivity index (χ0v) is 10.5. The first-order chi connectivity index (χ1) is 9.34. The van der Waals surface area contributed by atoms with Crippen molar-refractivity contribution in [3.63, 3.8) is 0 Å². The number of nitrogens with zero attached hydrogens (tertiary/aromatic N) is 2. The van der Waals surface area contributed by atoms with Gasteiger partial charge in [-0.2, -0.15) is 0 Å². The quantitative estimate of drug-likeness (QED) is 0.776. The number of hydrogen-bond donors (Lipinski definition) is 1. The smallest absolute Gasteiger partial charge is 0.115 e. The maximum absolute atomic E-state index is 6.23. The minimum absolute atomic E-state index is 0.103. The zero-order valence-electron chi connectivity index (χ0n) is 10.5. The van der Waals surface area contributed by atoms with Crippen molar-refractivity contribution in [3.8, 4) is 0 Å². The van der Waals surface area contributed by atoms with Gasteiger partial charge in [-0.3, -0.25) is 0 Å². The van der Waals surface area contributed by atoms with Crippen molar-refractivity contribution in [2.24, 2.45) is 5.73 Å². The molecule has 0 aliphatic carbocycles. The van der Waals surface area contributed by atoms with Gasteiger partial charge in [0.05, 0.1) is 11.7 Å². The number of rotatable bonds is 3. The fourth-order valence-electron chi connectivity index (χ4n) is 2.33. The third kappa shape index (κ3) is 2.46. The second-order valence-corrected chi connectivity index (χ2v) is 4.58. The molecule has 0 saturated heterocycles. The Hall–Kier alpha value is -2.26. The van der Waals surface area contributed by atoms with Crippen LogP contribution in [-0.2, 0) is 6.42 Å².